The fourth-order valence-electron chi connectivity index (χ4n) is 3.02. The molecule has 0 aromatic heterocycles. The minimum absolute atomic E-state index is 0.00257. The Bertz CT molecular complexity index is 764. The number of hydrogen-bond acceptors (Lipinski definition) is 3. The van der Waals surface area contributed by atoms with Crippen LogP contribution in [-0.2, 0) is 0 Å². The summed E-state index contributed by atoms with van der Waals surface area (Å²) in [6, 6.07) is 16.6. The number of rotatable bonds is 5. The normalized spacial score (nSPS) is 14.3. The van der Waals surface area contributed by atoms with Crippen molar-refractivity contribution in [2.75, 3.05) is 32.8 Å². The maximum Gasteiger partial charge on any atom is 0.253 e. The average Bonchev–Trinajstić information content (AvgIpc) is 2.72. The number of carbonyl (C=O) groups excluding carboxylic acids is 2. The number of ether oxygens (including phenoxy) is 1. The Hall–Kier alpha value is -2.82. The molecule has 2 aromatic carbocycles. The predicted molar refractivity (Wildman–Crippen MR) is 105 cm³/mol. The SMILES string of the molecule is CC(C)COc1ccc(C(=O)N2CCN(C(=O)c3ccccc3)CC2)cc1. The molecular weight excluding hydrogens is 340 g/mol. The molecule has 27 heavy (non-hydrogen) atoms. The molecule has 0 bridgehead atoms. The maximum atomic E-state index is 12.7. The van der Waals surface area contributed by atoms with Crippen molar-refractivity contribution in [1.82, 2.24) is 9.80 Å². The average molecular weight is 366 g/mol. The van der Waals surface area contributed by atoms with Crippen molar-refractivity contribution < 1.29 is 14.3 Å². The lowest BCUT2D eigenvalue weighted by atomic mass is 10.1. The lowest BCUT2D eigenvalue weighted by Gasteiger charge is -2.35. The van der Waals surface area contributed by atoms with Gasteiger partial charge in [0.15, 0.2) is 0 Å². The second-order valence-corrected chi connectivity index (χ2v) is 7.18. The largest absolute Gasteiger partial charge is 0.493 e. The number of amides is 2. The Morgan fingerprint density at radius 1 is 0.815 bits per heavy atom. The van der Waals surface area contributed by atoms with E-state index in [4.69, 9.17) is 4.74 Å². The highest BCUT2D eigenvalue weighted by Crippen LogP contribution is 2.16. The zero-order valence-electron chi connectivity index (χ0n) is 15.9. The summed E-state index contributed by atoms with van der Waals surface area (Å²) in [7, 11) is 0. The highest BCUT2D eigenvalue weighted by molar-refractivity contribution is 5.96. The van der Waals surface area contributed by atoms with Crippen LogP contribution in [0, 0.1) is 5.92 Å². The van der Waals surface area contributed by atoms with Gasteiger partial charge in [0.1, 0.15) is 5.75 Å². The molecule has 0 N–H and O–H groups in total. The number of carbonyl (C=O) groups is 2. The Labute approximate surface area is 160 Å². The van der Waals surface area contributed by atoms with Gasteiger partial charge >= 0.3 is 0 Å². The maximum absolute atomic E-state index is 12.7. The van der Waals surface area contributed by atoms with Gasteiger partial charge in [-0.2, -0.15) is 0 Å². The summed E-state index contributed by atoms with van der Waals surface area (Å²) in [5.74, 6) is 1.26. The molecule has 5 nitrogen and oxygen atoms in total. The minimum Gasteiger partial charge on any atom is -0.493 e. The first-order valence-electron chi connectivity index (χ1n) is 9.41. The van der Waals surface area contributed by atoms with E-state index in [2.05, 4.69) is 13.8 Å². The van der Waals surface area contributed by atoms with Crippen LogP contribution in [0.4, 0.5) is 0 Å². The summed E-state index contributed by atoms with van der Waals surface area (Å²) in [5, 5.41) is 0. The summed E-state index contributed by atoms with van der Waals surface area (Å²) in [4.78, 5) is 28.8. The number of piperazine rings is 1. The van der Waals surface area contributed by atoms with Gasteiger partial charge in [0, 0.05) is 37.3 Å². The molecule has 1 aliphatic rings. The first-order valence-corrected chi connectivity index (χ1v) is 9.41. The summed E-state index contributed by atoms with van der Waals surface area (Å²) in [6.07, 6.45) is 0. The molecule has 5 heteroatoms. The first-order chi connectivity index (χ1) is 13.0. The summed E-state index contributed by atoms with van der Waals surface area (Å²) < 4.78 is 5.66. The van der Waals surface area contributed by atoms with Crippen molar-refractivity contribution in [2.45, 2.75) is 13.8 Å². The molecule has 1 heterocycles. The third-order valence-electron chi connectivity index (χ3n) is 4.56. The van der Waals surface area contributed by atoms with Gasteiger partial charge in [0.2, 0.25) is 0 Å². The fraction of sp³-hybridized carbons (Fsp3) is 0.364. The molecule has 0 radical (unpaired) electrons. The van der Waals surface area contributed by atoms with Crippen molar-refractivity contribution in [3.63, 3.8) is 0 Å². The van der Waals surface area contributed by atoms with Gasteiger partial charge in [-0.1, -0.05) is 32.0 Å². The Morgan fingerprint density at radius 2 is 1.30 bits per heavy atom. The van der Waals surface area contributed by atoms with E-state index in [1.807, 2.05) is 47.4 Å². The predicted octanol–water partition coefficient (Wildman–Crippen LogP) is 3.32. The summed E-state index contributed by atoms with van der Waals surface area (Å²) >= 11 is 0. The van der Waals surface area contributed by atoms with Crippen LogP contribution in [0.5, 0.6) is 5.75 Å². The molecule has 0 saturated carbocycles. The molecule has 142 valence electrons. The van der Waals surface area contributed by atoms with Crippen LogP contribution >= 0.6 is 0 Å². The lowest BCUT2D eigenvalue weighted by molar-refractivity contribution is 0.0535. The standard InChI is InChI=1S/C22H26N2O3/c1-17(2)16-27-20-10-8-19(9-11-20)22(26)24-14-12-23(13-15-24)21(25)18-6-4-3-5-7-18/h3-11,17H,12-16H2,1-2H3. The third kappa shape index (κ3) is 4.88. The molecule has 3 rings (SSSR count). The number of nitrogens with zero attached hydrogens (tertiary/aromatic N) is 2. The van der Waals surface area contributed by atoms with Gasteiger partial charge in [-0.05, 0) is 42.3 Å². The molecule has 1 saturated heterocycles. The Balaban J connectivity index is 1.54. The molecule has 1 fully saturated rings. The van der Waals surface area contributed by atoms with Crippen molar-refractivity contribution in [1.29, 1.82) is 0 Å². The van der Waals surface area contributed by atoms with Crippen molar-refractivity contribution >= 4 is 11.8 Å². The second-order valence-electron chi connectivity index (χ2n) is 7.18. The van der Waals surface area contributed by atoms with E-state index >= 15 is 0 Å². The van der Waals surface area contributed by atoms with Gasteiger partial charge < -0.3 is 14.5 Å². The molecule has 2 amide bonds. The summed E-state index contributed by atoms with van der Waals surface area (Å²) in [6.45, 7) is 7.04. The second kappa shape index (κ2) is 8.71. The smallest absolute Gasteiger partial charge is 0.253 e. The van der Waals surface area contributed by atoms with E-state index in [1.54, 1.807) is 17.0 Å². The van der Waals surface area contributed by atoms with E-state index < -0.39 is 0 Å². The first kappa shape index (κ1) is 19.0. The van der Waals surface area contributed by atoms with Crippen LogP contribution in [0.2, 0.25) is 0 Å². The van der Waals surface area contributed by atoms with Crippen molar-refractivity contribution in [2.24, 2.45) is 5.92 Å². The van der Waals surface area contributed by atoms with E-state index in [0.29, 0.717) is 49.8 Å². The summed E-state index contributed by atoms with van der Waals surface area (Å²) in [5.41, 5.74) is 1.34. The van der Waals surface area contributed by atoms with Crippen LogP contribution in [0.1, 0.15) is 34.6 Å². The zero-order chi connectivity index (χ0) is 19.2. The number of benzene rings is 2. The number of hydrogen-bond donors (Lipinski definition) is 0. The topological polar surface area (TPSA) is 49.9 Å². The molecule has 2 aromatic rings. The van der Waals surface area contributed by atoms with E-state index in [0.717, 1.165) is 5.75 Å². The third-order valence-corrected chi connectivity index (χ3v) is 4.56. The van der Waals surface area contributed by atoms with Crippen LogP contribution in [-0.4, -0.2) is 54.4 Å². The lowest BCUT2D eigenvalue weighted by Crippen LogP contribution is -2.50. The van der Waals surface area contributed by atoms with Crippen LogP contribution in [0.15, 0.2) is 54.6 Å². The fourth-order valence-corrected chi connectivity index (χ4v) is 3.02. The van der Waals surface area contributed by atoms with Gasteiger partial charge in [-0.15, -0.1) is 0 Å². The quantitative estimate of drug-likeness (QED) is 0.816. The van der Waals surface area contributed by atoms with E-state index in [9.17, 15) is 9.59 Å². The van der Waals surface area contributed by atoms with E-state index in [-0.39, 0.29) is 11.8 Å². The highest BCUT2D eigenvalue weighted by Gasteiger charge is 2.25. The minimum atomic E-state index is -0.00257. The molecule has 0 atom stereocenters. The monoisotopic (exact) mass is 366 g/mol. The van der Waals surface area contributed by atoms with Crippen LogP contribution < -0.4 is 4.74 Å². The molecule has 0 spiro atoms. The van der Waals surface area contributed by atoms with E-state index in [1.165, 1.54) is 0 Å². The van der Waals surface area contributed by atoms with Gasteiger partial charge in [0.05, 0.1) is 6.61 Å². The van der Waals surface area contributed by atoms with Crippen molar-refractivity contribution in [3.8, 4) is 5.75 Å². The molecule has 1 aliphatic heterocycles. The Morgan fingerprint density at radius 3 is 1.78 bits per heavy atom. The van der Waals surface area contributed by atoms with Crippen LogP contribution in [0.3, 0.4) is 0 Å². The van der Waals surface area contributed by atoms with Gasteiger partial charge in [0.25, 0.3) is 11.8 Å². The highest BCUT2D eigenvalue weighted by atomic mass is 16.5. The zero-order valence-corrected chi connectivity index (χ0v) is 15.9. The van der Waals surface area contributed by atoms with Gasteiger partial charge in [-0.25, -0.2) is 0 Å². The molecule has 0 unspecified atom stereocenters. The molecular formula is C22H26N2O3. The van der Waals surface area contributed by atoms with Crippen molar-refractivity contribution in [3.05, 3.63) is 65.7 Å². The molecule has 0 aliphatic carbocycles. The van der Waals surface area contributed by atoms with Crippen LogP contribution in [0.25, 0.3) is 0 Å². The Kier molecular flexibility index (Phi) is 6.12. The van der Waals surface area contributed by atoms with Gasteiger partial charge in [-0.3, -0.25) is 9.59 Å².